The smallest absolute Gasteiger partial charge is 0.127 e. The van der Waals surface area contributed by atoms with Gasteiger partial charge in [-0.1, -0.05) is 24.3 Å². The van der Waals surface area contributed by atoms with E-state index in [1.807, 2.05) is 7.05 Å². The van der Waals surface area contributed by atoms with Gasteiger partial charge in [0, 0.05) is 19.7 Å². The summed E-state index contributed by atoms with van der Waals surface area (Å²) in [4.78, 5) is 4.63. The number of aromatic nitrogens is 2. The first-order chi connectivity index (χ1) is 10.2. The van der Waals surface area contributed by atoms with Crippen molar-refractivity contribution in [3.05, 3.63) is 65.2 Å². The Morgan fingerprint density at radius 1 is 1.19 bits per heavy atom. The van der Waals surface area contributed by atoms with Crippen molar-refractivity contribution in [2.75, 3.05) is 0 Å². The first kappa shape index (κ1) is 12.5. The molecule has 2 aromatic carbocycles. The molecule has 1 aliphatic heterocycles. The van der Waals surface area contributed by atoms with Crippen LogP contribution in [0, 0.1) is 5.82 Å². The molecule has 3 aromatic rings. The highest BCUT2D eigenvalue weighted by atomic mass is 19.1. The van der Waals surface area contributed by atoms with Crippen LogP contribution in [0.5, 0.6) is 0 Å². The van der Waals surface area contributed by atoms with Gasteiger partial charge >= 0.3 is 0 Å². The van der Waals surface area contributed by atoms with E-state index in [0.29, 0.717) is 5.52 Å². The highest BCUT2D eigenvalue weighted by Crippen LogP contribution is 2.27. The summed E-state index contributed by atoms with van der Waals surface area (Å²) in [5, 5.41) is 3.53. The Labute approximate surface area is 122 Å². The molecule has 106 valence electrons. The van der Waals surface area contributed by atoms with Crippen molar-refractivity contribution < 1.29 is 4.39 Å². The number of aryl methyl sites for hydroxylation is 1. The molecular weight excluding hydrogens is 265 g/mol. The normalized spacial score (nSPS) is 17.9. The van der Waals surface area contributed by atoms with Crippen LogP contribution in [-0.2, 0) is 20.0 Å². The van der Waals surface area contributed by atoms with Crippen LogP contribution in [0.3, 0.4) is 0 Å². The Bertz CT molecular complexity index is 822. The number of hydrogen-bond donors (Lipinski definition) is 1. The molecule has 0 amide bonds. The van der Waals surface area contributed by atoms with Crippen molar-refractivity contribution >= 4 is 11.0 Å². The fourth-order valence-electron chi connectivity index (χ4n) is 3.14. The third-order valence-corrected chi connectivity index (χ3v) is 4.27. The van der Waals surface area contributed by atoms with Crippen LogP contribution in [0.1, 0.15) is 23.0 Å². The number of hydrogen-bond acceptors (Lipinski definition) is 2. The van der Waals surface area contributed by atoms with Crippen molar-refractivity contribution in [2.45, 2.75) is 19.0 Å². The van der Waals surface area contributed by atoms with Crippen LogP contribution in [0.4, 0.5) is 4.39 Å². The highest BCUT2D eigenvalue weighted by molar-refractivity contribution is 5.76. The second-order valence-corrected chi connectivity index (χ2v) is 5.57. The summed E-state index contributed by atoms with van der Waals surface area (Å²) in [5.74, 6) is 0.721. The summed E-state index contributed by atoms with van der Waals surface area (Å²) in [7, 11) is 1.99. The summed E-state index contributed by atoms with van der Waals surface area (Å²) < 4.78 is 15.4. The molecule has 0 radical (unpaired) electrons. The predicted molar refractivity (Wildman–Crippen MR) is 80.4 cm³/mol. The Balaban J connectivity index is 1.76. The molecule has 0 saturated carbocycles. The topological polar surface area (TPSA) is 29.9 Å². The molecule has 0 aliphatic carbocycles. The Morgan fingerprint density at radius 2 is 2.00 bits per heavy atom. The van der Waals surface area contributed by atoms with Gasteiger partial charge in [0.15, 0.2) is 0 Å². The number of nitrogens with zero attached hydrogens (tertiary/aromatic N) is 2. The second kappa shape index (κ2) is 4.67. The van der Waals surface area contributed by atoms with Crippen LogP contribution in [0.25, 0.3) is 11.0 Å². The van der Waals surface area contributed by atoms with E-state index in [1.54, 1.807) is 6.07 Å². The van der Waals surface area contributed by atoms with Crippen LogP contribution in [-0.4, -0.2) is 9.55 Å². The minimum Gasteiger partial charge on any atom is -0.330 e. The maximum absolute atomic E-state index is 13.4. The zero-order valence-corrected chi connectivity index (χ0v) is 11.8. The van der Waals surface area contributed by atoms with Gasteiger partial charge in [-0.3, -0.25) is 0 Å². The van der Waals surface area contributed by atoms with Gasteiger partial charge in [-0.25, -0.2) is 9.37 Å². The molecular formula is C17H16FN3. The summed E-state index contributed by atoms with van der Waals surface area (Å²) >= 11 is 0. The van der Waals surface area contributed by atoms with E-state index in [-0.39, 0.29) is 11.9 Å². The Morgan fingerprint density at radius 3 is 2.86 bits per heavy atom. The summed E-state index contributed by atoms with van der Waals surface area (Å²) in [6.45, 7) is 0.846. The first-order valence-electron chi connectivity index (χ1n) is 7.14. The second-order valence-electron chi connectivity index (χ2n) is 5.57. The zero-order valence-electron chi connectivity index (χ0n) is 11.8. The quantitative estimate of drug-likeness (QED) is 0.743. The molecule has 1 aliphatic rings. The molecule has 21 heavy (non-hydrogen) atoms. The number of benzene rings is 2. The van der Waals surface area contributed by atoms with E-state index in [0.717, 1.165) is 24.3 Å². The number of halogens is 1. The zero-order chi connectivity index (χ0) is 14.4. The van der Waals surface area contributed by atoms with Crippen molar-refractivity contribution in [1.82, 2.24) is 14.9 Å². The fraction of sp³-hybridized carbons (Fsp3) is 0.235. The van der Waals surface area contributed by atoms with Gasteiger partial charge in [0.25, 0.3) is 0 Å². The van der Waals surface area contributed by atoms with Gasteiger partial charge < -0.3 is 9.88 Å². The van der Waals surface area contributed by atoms with E-state index in [1.165, 1.54) is 23.3 Å². The lowest BCUT2D eigenvalue weighted by Crippen LogP contribution is -2.30. The minimum absolute atomic E-state index is 0.167. The van der Waals surface area contributed by atoms with Crippen molar-refractivity contribution in [3.63, 3.8) is 0 Å². The number of fused-ring (bicyclic) bond motifs is 2. The van der Waals surface area contributed by atoms with Crippen LogP contribution in [0.2, 0.25) is 0 Å². The third-order valence-electron chi connectivity index (χ3n) is 4.27. The Kier molecular flexibility index (Phi) is 2.79. The number of imidazole rings is 1. The lowest BCUT2D eigenvalue weighted by atomic mass is 9.95. The molecule has 2 heterocycles. The lowest BCUT2D eigenvalue weighted by Gasteiger charge is -2.25. The van der Waals surface area contributed by atoms with Crippen LogP contribution in [0.15, 0.2) is 42.5 Å². The maximum atomic E-state index is 13.4. The summed E-state index contributed by atoms with van der Waals surface area (Å²) in [6, 6.07) is 13.4. The van der Waals surface area contributed by atoms with Gasteiger partial charge in [0.1, 0.15) is 11.6 Å². The van der Waals surface area contributed by atoms with Crippen molar-refractivity contribution in [2.24, 2.45) is 7.05 Å². The van der Waals surface area contributed by atoms with E-state index in [9.17, 15) is 4.39 Å². The molecule has 1 unspecified atom stereocenters. The molecule has 4 heteroatoms. The average molecular weight is 281 g/mol. The van der Waals surface area contributed by atoms with Gasteiger partial charge in [-0.05, 0) is 29.7 Å². The van der Waals surface area contributed by atoms with Gasteiger partial charge in [0.05, 0.1) is 17.1 Å². The molecule has 0 spiro atoms. The number of nitrogens with one attached hydrogen (secondary N) is 1. The predicted octanol–water partition coefficient (Wildman–Crippen LogP) is 3.10. The molecule has 0 fully saturated rings. The molecule has 4 rings (SSSR count). The van der Waals surface area contributed by atoms with E-state index in [2.05, 4.69) is 39.1 Å². The fourth-order valence-corrected chi connectivity index (χ4v) is 3.14. The largest absolute Gasteiger partial charge is 0.330 e. The summed E-state index contributed by atoms with van der Waals surface area (Å²) in [6.07, 6.45) is 0.913. The molecule has 1 N–H and O–H groups in total. The lowest BCUT2D eigenvalue weighted by molar-refractivity contribution is 0.467. The molecule has 0 saturated heterocycles. The maximum Gasteiger partial charge on any atom is 0.127 e. The number of rotatable bonds is 1. The van der Waals surface area contributed by atoms with Gasteiger partial charge in [-0.2, -0.15) is 0 Å². The van der Waals surface area contributed by atoms with Gasteiger partial charge in [0.2, 0.25) is 0 Å². The molecule has 0 bridgehead atoms. The van der Waals surface area contributed by atoms with Crippen LogP contribution < -0.4 is 5.32 Å². The van der Waals surface area contributed by atoms with E-state index < -0.39 is 0 Å². The molecule has 1 atom stereocenters. The van der Waals surface area contributed by atoms with Crippen molar-refractivity contribution in [1.29, 1.82) is 0 Å². The minimum atomic E-state index is -0.242. The molecule has 3 nitrogen and oxygen atoms in total. The van der Waals surface area contributed by atoms with Gasteiger partial charge in [-0.15, -0.1) is 0 Å². The van der Waals surface area contributed by atoms with E-state index >= 15 is 0 Å². The Hall–Kier alpha value is -2.20. The average Bonchev–Trinajstić information content (AvgIpc) is 2.83. The van der Waals surface area contributed by atoms with Crippen molar-refractivity contribution in [3.8, 4) is 0 Å². The first-order valence-corrected chi connectivity index (χ1v) is 7.14. The highest BCUT2D eigenvalue weighted by Gasteiger charge is 2.23. The van der Waals surface area contributed by atoms with E-state index in [4.69, 9.17) is 0 Å². The molecule has 1 aromatic heterocycles. The third kappa shape index (κ3) is 2.03. The summed E-state index contributed by atoms with van der Waals surface area (Å²) in [5.41, 5.74) is 4.39. The monoisotopic (exact) mass is 281 g/mol. The van der Waals surface area contributed by atoms with Crippen LogP contribution >= 0.6 is 0 Å². The standard InChI is InChI=1S/C17H16FN3/c1-21-16-7-6-13(18)9-14(16)20-17(21)15-8-11-4-2-3-5-12(11)10-19-15/h2-7,9,15,19H,8,10H2,1H3. The SMILES string of the molecule is Cn1c(C2Cc3ccccc3CN2)nc2cc(F)ccc21.